The van der Waals surface area contributed by atoms with Crippen LogP contribution in [0.5, 0.6) is 0 Å². The molecule has 0 spiro atoms. The molecule has 0 aliphatic heterocycles. The normalized spacial score (nSPS) is 9.60. The zero-order valence-electron chi connectivity index (χ0n) is 10.6. The van der Waals surface area contributed by atoms with Crippen molar-refractivity contribution in [2.45, 2.75) is 0 Å². The molecular weight excluding hydrogens is 274 g/mol. The van der Waals surface area contributed by atoms with Gasteiger partial charge in [-0.3, -0.25) is 4.79 Å². The number of anilines is 2. The Kier molecular flexibility index (Phi) is 4.59. The van der Waals surface area contributed by atoms with Crippen LogP contribution in [0.15, 0.2) is 48.5 Å². The highest BCUT2D eigenvalue weighted by atomic mass is 35.5. The maximum absolute atomic E-state index is 11.8. The number of benzene rings is 2. The molecule has 0 heterocycles. The SMILES string of the molecule is N#Cc1ccc(NCC(=O)Nc2cccc(Cl)c2)cc1. The highest BCUT2D eigenvalue weighted by molar-refractivity contribution is 6.30. The van der Waals surface area contributed by atoms with E-state index in [2.05, 4.69) is 10.6 Å². The number of amides is 1. The first-order valence-corrected chi connectivity index (χ1v) is 6.34. The molecule has 0 saturated heterocycles. The molecule has 0 unspecified atom stereocenters. The molecule has 100 valence electrons. The molecule has 5 heteroatoms. The summed E-state index contributed by atoms with van der Waals surface area (Å²) in [6.45, 7) is 0.137. The van der Waals surface area contributed by atoms with Crippen molar-refractivity contribution in [3.63, 3.8) is 0 Å². The standard InChI is InChI=1S/C15H12ClN3O/c16-12-2-1-3-14(8-12)19-15(20)10-18-13-6-4-11(9-17)5-7-13/h1-8,18H,10H2,(H,19,20). The van der Waals surface area contributed by atoms with Gasteiger partial charge in [-0.1, -0.05) is 17.7 Å². The molecule has 0 bridgehead atoms. The number of rotatable bonds is 4. The lowest BCUT2D eigenvalue weighted by atomic mass is 10.2. The first-order chi connectivity index (χ1) is 9.67. The second-order valence-electron chi connectivity index (χ2n) is 4.10. The molecule has 0 aliphatic carbocycles. The third-order valence-electron chi connectivity index (χ3n) is 2.58. The predicted octanol–water partition coefficient (Wildman–Crippen LogP) is 3.26. The fourth-order valence-electron chi connectivity index (χ4n) is 1.62. The number of carbonyl (C=O) groups is 1. The minimum atomic E-state index is -0.170. The summed E-state index contributed by atoms with van der Waals surface area (Å²) in [5.41, 5.74) is 2.02. The van der Waals surface area contributed by atoms with Crippen molar-refractivity contribution in [1.29, 1.82) is 5.26 Å². The zero-order chi connectivity index (χ0) is 14.4. The lowest BCUT2D eigenvalue weighted by Gasteiger charge is -2.08. The fraction of sp³-hybridized carbons (Fsp3) is 0.0667. The van der Waals surface area contributed by atoms with E-state index < -0.39 is 0 Å². The first-order valence-electron chi connectivity index (χ1n) is 5.97. The summed E-state index contributed by atoms with van der Waals surface area (Å²) in [6.07, 6.45) is 0. The van der Waals surface area contributed by atoms with Crippen LogP contribution in [0.4, 0.5) is 11.4 Å². The Morgan fingerprint density at radius 2 is 1.90 bits per heavy atom. The summed E-state index contributed by atoms with van der Waals surface area (Å²) in [6, 6.07) is 15.9. The maximum Gasteiger partial charge on any atom is 0.243 e. The van der Waals surface area contributed by atoms with Crippen LogP contribution in [0.3, 0.4) is 0 Å². The number of carbonyl (C=O) groups excluding carboxylic acids is 1. The van der Waals surface area contributed by atoms with E-state index in [0.29, 0.717) is 16.3 Å². The smallest absolute Gasteiger partial charge is 0.243 e. The summed E-state index contributed by atoms with van der Waals surface area (Å²) < 4.78 is 0. The van der Waals surface area contributed by atoms with E-state index in [0.717, 1.165) is 5.69 Å². The fourth-order valence-corrected chi connectivity index (χ4v) is 1.81. The van der Waals surface area contributed by atoms with Gasteiger partial charge < -0.3 is 10.6 Å². The summed E-state index contributed by atoms with van der Waals surface area (Å²) in [5, 5.41) is 15.0. The Hall–Kier alpha value is -2.51. The van der Waals surface area contributed by atoms with Crippen LogP contribution < -0.4 is 10.6 Å². The number of nitrogens with zero attached hydrogens (tertiary/aromatic N) is 1. The van der Waals surface area contributed by atoms with E-state index in [1.165, 1.54) is 0 Å². The highest BCUT2D eigenvalue weighted by Crippen LogP contribution is 2.14. The number of hydrogen-bond donors (Lipinski definition) is 2. The van der Waals surface area contributed by atoms with Crippen LogP contribution in [0.25, 0.3) is 0 Å². The molecule has 0 aliphatic rings. The van der Waals surface area contributed by atoms with Crippen molar-refractivity contribution >= 4 is 28.9 Å². The molecule has 2 aromatic carbocycles. The first kappa shape index (κ1) is 13.9. The quantitative estimate of drug-likeness (QED) is 0.906. The van der Waals surface area contributed by atoms with Crippen molar-refractivity contribution in [1.82, 2.24) is 0 Å². The predicted molar refractivity (Wildman–Crippen MR) is 79.7 cm³/mol. The highest BCUT2D eigenvalue weighted by Gasteiger charge is 2.02. The van der Waals surface area contributed by atoms with Crippen LogP contribution >= 0.6 is 11.6 Å². The lowest BCUT2D eigenvalue weighted by molar-refractivity contribution is -0.114. The number of nitrogens with one attached hydrogen (secondary N) is 2. The van der Waals surface area contributed by atoms with E-state index in [9.17, 15) is 4.79 Å². The van der Waals surface area contributed by atoms with Crippen molar-refractivity contribution in [3.05, 3.63) is 59.1 Å². The van der Waals surface area contributed by atoms with E-state index >= 15 is 0 Å². The van der Waals surface area contributed by atoms with Gasteiger partial charge in [-0.15, -0.1) is 0 Å². The van der Waals surface area contributed by atoms with Gasteiger partial charge in [0.2, 0.25) is 5.91 Å². The number of hydrogen-bond acceptors (Lipinski definition) is 3. The summed E-state index contributed by atoms with van der Waals surface area (Å²) in [4.78, 5) is 11.8. The molecule has 2 N–H and O–H groups in total. The largest absolute Gasteiger partial charge is 0.376 e. The lowest BCUT2D eigenvalue weighted by Crippen LogP contribution is -2.21. The van der Waals surface area contributed by atoms with E-state index in [1.807, 2.05) is 6.07 Å². The molecule has 0 aromatic heterocycles. The van der Waals surface area contributed by atoms with Gasteiger partial charge in [-0.25, -0.2) is 0 Å². The molecule has 4 nitrogen and oxygen atoms in total. The zero-order valence-corrected chi connectivity index (χ0v) is 11.3. The van der Waals surface area contributed by atoms with Crippen LogP contribution in [-0.4, -0.2) is 12.5 Å². The van der Waals surface area contributed by atoms with Crippen LogP contribution in [0.1, 0.15) is 5.56 Å². The van der Waals surface area contributed by atoms with Gasteiger partial charge in [0.05, 0.1) is 18.2 Å². The minimum Gasteiger partial charge on any atom is -0.376 e. The molecule has 20 heavy (non-hydrogen) atoms. The molecule has 2 rings (SSSR count). The topological polar surface area (TPSA) is 64.9 Å². The van der Waals surface area contributed by atoms with Crippen molar-refractivity contribution < 1.29 is 4.79 Å². The van der Waals surface area contributed by atoms with E-state index in [-0.39, 0.29) is 12.5 Å². The minimum absolute atomic E-state index is 0.137. The van der Waals surface area contributed by atoms with Gasteiger partial charge in [0, 0.05) is 16.4 Å². The molecule has 2 aromatic rings. The Morgan fingerprint density at radius 3 is 2.55 bits per heavy atom. The van der Waals surface area contributed by atoms with Crippen molar-refractivity contribution in [2.24, 2.45) is 0 Å². The molecule has 0 saturated carbocycles. The van der Waals surface area contributed by atoms with Gasteiger partial charge in [-0.2, -0.15) is 5.26 Å². The van der Waals surface area contributed by atoms with Gasteiger partial charge in [0.25, 0.3) is 0 Å². The molecule has 1 amide bonds. The third kappa shape index (κ3) is 4.01. The van der Waals surface area contributed by atoms with Gasteiger partial charge in [0.15, 0.2) is 0 Å². The van der Waals surface area contributed by atoms with Crippen LogP contribution in [0.2, 0.25) is 5.02 Å². The Balaban J connectivity index is 1.87. The monoisotopic (exact) mass is 285 g/mol. The third-order valence-corrected chi connectivity index (χ3v) is 2.81. The van der Waals surface area contributed by atoms with Gasteiger partial charge in [-0.05, 0) is 42.5 Å². The number of halogens is 1. The van der Waals surface area contributed by atoms with Crippen molar-refractivity contribution in [3.8, 4) is 6.07 Å². The maximum atomic E-state index is 11.8. The van der Waals surface area contributed by atoms with Crippen LogP contribution in [0, 0.1) is 11.3 Å². The van der Waals surface area contributed by atoms with Crippen LogP contribution in [-0.2, 0) is 4.79 Å². The van der Waals surface area contributed by atoms with Crippen molar-refractivity contribution in [2.75, 3.05) is 17.2 Å². The summed E-state index contributed by atoms with van der Waals surface area (Å²) >= 11 is 5.84. The van der Waals surface area contributed by atoms with E-state index in [1.54, 1.807) is 48.5 Å². The van der Waals surface area contributed by atoms with Gasteiger partial charge in [0.1, 0.15) is 0 Å². The Labute approximate surface area is 122 Å². The summed E-state index contributed by atoms with van der Waals surface area (Å²) in [5.74, 6) is -0.170. The molecule has 0 atom stereocenters. The average Bonchev–Trinajstić information content (AvgIpc) is 2.46. The average molecular weight is 286 g/mol. The van der Waals surface area contributed by atoms with Gasteiger partial charge >= 0.3 is 0 Å². The second kappa shape index (κ2) is 6.60. The van der Waals surface area contributed by atoms with E-state index in [4.69, 9.17) is 16.9 Å². The summed E-state index contributed by atoms with van der Waals surface area (Å²) in [7, 11) is 0. The molecule has 0 fully saturated rings. The second-order valence-corrected chi connectivity index (χ2v) is 4.54. The Morgan fingerprint density at radius 1 is 1.15 bits per heavy atom. The number of nitriles is 1. The Bertz CT molecular complexity index is 647. The molecule has 0 radical (unpaired) electrons. The molecular formula is C15H12ClN3O.